The Morgan fingerprint density at radius 2 is 2.03 bits per heavy atom. The zero-order chi connectivity index (χ0) is 23.8. The van der Waals surface area contributed by atoms with Crippen molar-refractivity contribution in [3.8, 4) is 11.5 Å². The molecule has 5 rings (SSSR count). The summed E-state index contributed by atoms with van der Waals surface area (Å²) >= 11 is 0. The van der Waals surface area contributed by atoms with E-state index in [0.717, 1.165) is 41.4 Å². The van der Waals surface area contributed by atoms with E-state index in [0.29, 0.717) is 36.0 Å². The number of hydrogen-bond donors (Lipinski definition) is 1. The molecule has 1 aliphatic carbocycles. The molecule has 1 atom stereocenters. The molecule has 1 fully saturated rings. The van der Waals surface area contributed by atoms with Gasteiger partial charge in [0.25, 0.3) is 5.91 Å². The molecule has 2 aromatic heterocycles. The van der Waals surface area contributed by atoms with Crippen molar-refractivity contribution >= 4 is 34.7 Å². The van der Waals surface area contributed by atoms with Gasteiger partial charge in [0.1, 0.15) is 23.0 Å². The van der Waals surface area contributed by atoms with Gasteiger partial charge in [0, 0.05) is 36.8 Å². The molecular formula is C26H28N4O4. The summed E-state index contributed by atoms with van der Waals surface area (Å²) in [6.07, 6.45) is 6.86. The third-order valence-electron chi connectivity index (χ3n) is 6.63. The predicted octanol–water partition coefficient (Wildman–Crippen LogP) is 3.88. The first-order valence-electron chi connectivity index (χ1n) is 11.5. The third kappa shape index (κ3) is 3.89. The molecule has 2 aliphatic rings. The Labute approximate surface area is 198 Å². The van der Waals surface area contributed by atoms with Crippen LogP contribution in [0.2, 0.25) is 0 Å². The maximum atomic E-state index is 13.3. The molecule has 3 heterocycles. The number of benzene rings is 1. The van der Waals surface area contributed by atoms with E-state index in [4.69, 9.17) is 9.47 Å². The second kappa shape index (κ2) is 8.85. The quantitative estimate of drug-likeness (QED) is 0.541. The van der Waals surface area contributed by atoms with Gasteiger partial charge in [-0.05, 0) is 54.2 Å². The van der Waals surface area contributed by atoms with Gasteiger partial charge in [-0.25, -0.2) is 4.98 Å². The molecule has 1 unspecified atom stereocenters. The van der Waals surface area contributed by atoms with Crippen LogP contribution in [-0.2, 0) is 4.79 Å². The van der Waals surface area contributed by atoms with E-state index in [2.05, 4.69) is 23.0 Å². The van der Waals surface area contributed by atoms with Crippen LogP contribution in [0.5, 0.6) is 11.5 Å². The molecule has 34 heavy (non-hydrogen) atoms. The summed E-state index contributed by atoms with van der Waals surface area (Å²) in [5.41, 5.74) is 3.48. The Morgan fingerprint density at radius 3 is 2.71 bits per heavy atom. The molecule has 2 amide bonds. The lowest BCUT2D eigenvalue weighted by Crippen LogP contribution is -2.38. The first-order valence-corrected chi connectivity index (χ1v) is 11.5. The molecule has 0 bridgehead atoms. The fraction of sp³-hybridized carbons (Fsp3) is 0.346. The minimum Gasteiger partial charge on any atom is -0.497 e. The van der Waals surface area contributed by atoms with Crippen LogP contribution in [0.25, 0.3) is 16.6 Å². The van der Waals surface area contributed by atoms with E-state index in [9.17, 15) is 9.59 Å². The zero-order valence-corrected chi connectivity index (χ0v) is 19.6. The smallest absolute Gasteiger partial charge is 0.257 e. The lowest BCUT2D eigenvalue weighted by Gasteiger charge is -2.32. The van der Waals surface area contributed by atoms with Crippen molar-refractivity contribution < 1.29 is 19.1 Å². The van der Waals surface area contributed by atoms with E-state index < -0.39 is 0 Å². The van der Waals surface area contributed by atoms with Gasteiger partial charge in [-0.3, -0.25) is 14.5 Å². The molecule has 3 aromatic rings. The monoisotopic (exact) mass is 460 g/mol. The average molecular weight is 461 g/mol. The van der Waals surface area contributed by atoms with Gasteiger partial charge in [-0.15, -0.1) is 0 Å². The largest absolute Gasteiger partial charge is 0.497 e. The normalized spacial score (nSPS) is 17.9. The summed E-state index contributed by atoms with van der Waals surface area (Å²) in [5.74, 6) is 1.82. The number of aromatic nitrogens is 2. The third-order valence-corrected chi connectivity index (χ3v) is 6.63. The molecule has 1 aromatic carbocycles. The highest BCUT2D eigenvalue weighted by Crippen LogP contribution is 2.37. The molecule has 8 nitrogen and oxygen atoms in total. The summed E-state index contributed by atoms with van der Waals surface area (Å²) in [5, 5.41) is 1.01. The highest BCUT2D eigenvalue weighted by atomic mass is 16.5. The number of nitrogens with one attached hydrogen (secondary N) is 1. The molecule has 1 saturated carbocycles. The van der Waals surface area contributed by atoms with Gasteiger partial charge in [0.05, 0.1) is 19.8 Å². The number of rotatable bonds is 7. The second-order valence-electron chi connectivity index (χ2n) is 8.85. The number of nitrogens with zero attached hydrogens (tertiary/aromatic N) is 3. The van der Waals surface area contributed by atoms with Crippen molar-refractivity contribution in [2.75, 3.05) is 32.2 Å². The molecule has 0 saturated heterocycles. The minimum absolute atomic E-state index is 0.0790. The van der Waals surface area contributed by atoms with Crippen molar-refractivity contribution in [1.82, 2.24) is 14.9 Å². The van der Waals surface area contributed by atoms with Gasteiger partial charge < -0.3 is 19.4 Å². The minimum atomic E-state index is -0.0790. The van der Waals surface area contributed by atoms with Crippen LogP contribution >= 0.6 is 0 Å². The van der Waals surface area contributed by atoms with E-state index >= 15 is 0 Å². The number of H-pyrrole nitrogens is 1. The van der Waals surface area contributed by atoms with Crippen molar-refractivity contribution in [3.63, 3.8) is 0 Å². The van der Waals surface area contributed by atoms with Gasteiger partial charge in [-0.1, -0.05) is 13.0 Å². The van der Waals surface area contributed by atoms with E-state index in [-0.39, 0.29) is 17.9 Å². The highest BCUT2D eigenvalue weighted by Gasteiger charge is 2.32. The van der Waals surface area contributed by atoms with E-state index in [1.807, 2.05) is 23.2 Å². The molecule has 0 radical (unpaired) electrons. The fourth-order valence-electron chi connectivity index (χ4n) is 4.68. The molecule has 176 valence electrons. The lowest BCUT2D eigenvalue weighted by molar-refractivity contribution is -0.107. The number of amides is 2. The number of fused-ring (bicyclic) bond motifs is 1. The fourth-order valence-corrected chi connectivity index (χ4v) is 4.68. The highest BCUT2D eigenvalue weighted by molar-refractivity contribution is 5.98. The van der Waals surface area contributed by atoms with Crippen LogP contribution in [-0.4, -0.2) is 60.5 Å². The van der Waals surface area contributed by atoms with E-state index in [1.54, 1.807) is 37.3 Å². The predicted molar refractivity (Wildman–Crippen MR) is 130 cm³/mol. The molecule has 8 heteroatoms. The number of hydrogen-bond acceptors (Lipinski definition) is 5. The number of ether oxygens (including phenoxy) is 2. The lowest BCUT2D eigenvalue weighted by atomic mass is 9.89. The van der Waals surface area contributed by atoms with Crippen molar-refractivity contribution in [1.29, 1.82) is 0 Å². The molecular weight excluding hydrogens is 432 g/mol. The number of methoxy groups -OCH3 is 2. The van der Waals surface area contributed by atoms with E-state index in [1.165, 1.54) is 0 Å². The van der Waals surface area contributed by atoms with Crippen molar-refractivity contribution in [2.45, 2.75) is 25.8 Å². The number of aromatic amines is 1. The van der Waals surface area contributed by atoms with Gasteiger partial charge >= 0.3 is 0 Å². The average Bonchev–Trinajstić information content (AvgIpc) is 3.58. The Morgan fingerprint density at radius 1 is 1.21 bits per heavy atom. The van der Waals surface area contributed by atoms with Gasteiger partial charge in [-0.2, -0.15) is 0 Å². The maximum absolute atomic E-state index is 13.3. The Balaban J connectivity index is 1.46. The number of pyridine rings is 1. The standard InChI is InChI=1S/C26H28N4O4/c1-16-14-29(26(32)21-7-6-18(33-2)12-23(21)34-3)11-9-19(16)22-13-24(30(15-31)17-4-5-17)28-25-20(22)8-10-27-25/h6-10,12-13,15-17H,4-5,11,14H2,1-3H3,(H,27,28). The van der Waals surface area contributed by atoms with Crippen LogP contribution in [0.1, 0.15) is 35.7 Å². The topological polar surface area (TPSA) is 87.8 Å². The first-order chi connectivity index (χ1) is 16.5. The Bertz CT molecular complexity index is 1280. The second-order valence-corrected chi connectivity index (χ2v) is 8.85. The van der Waals surface area contributed by atoms with Crippen LogP contribution in [0, 0.1) is 5.92 Å². The van der Waals surface area contributed by atoms with Gasteiger partial charge in [0.15, 0.2) is 0 Å². The van der Waals surface area contributed by atoms with Crippen LogP contribution < -0.4 is 14.4 Å². The molecule has 1 aliphatic heterocycles. The van der Waals surface area contributed by atoms with Crippen LogP contribution in [0.3, 0.4) is 0 Å². The molecule has 1 N–H and O–H groups in total. The van der Waals surface area contributed by atoms with Gasteiger partial charge in [0.2, 0.25) is 6.41 Å². The summed E-state index contributed by atoms with van der Waals surface area (Å²) in [7, 11) is 3.13. The molecule has 0 spiro atoms. The Kier molecular flexibility index (Phi) is 5.73. The summed E-state index contributed by atoms with van der Waals surface area (Å²) in [4.78, 5) is 36.5. The zero-order valence-electron chi connectivity index (χ0n) is 19.6. The van der Waals surface area contributed by atoms with Crippen LogP contribution in [0.4, 0.5) is 5.82 Å². The summed E-state index contributed by atoms with van der Waals surface area (Å²) in [6.45, 7) is 3.17. The summed E-state index contributed by atoms with van der Waals surface area (Å²) in [6, 6.07) is 9.49. The summed E-state index contributed by atoms with van der Waals surface area (Å²) < 4.78 is 10.7. The number of carbonyl (C=O) groups is 2. The number of carbonyl (C=O) groups excluding carboxylic acids is 2. The SMILES string of the molecule is COc1ccc(C(=O)N2CC=C(c3cc(N(C=O)C4CC4)nc4[nH]ccc34)C(C)C2)c(OC)c1. The van der Waals surface area contributed by atoms with Crippen LogP contribution in [0.15, 0.2) is 42.6 Å². The first kappa shape index (κ1) is 22.0. The Hall–Kier alpha value is -3.81. The number of anilines is 1. The maximum Gasteiger partial charge on any atom is 0.257 e. The van der Waals surface area contributed by atoms with Crippen molar-refractivity contribution in [3.05, 3.63) is 53.7 Å². The van der Waals surface area contributed by atoms with Crippen molar-refractivity contribution in [2.24, 2.45) is 5.92 Å².